The van der Waals surface area contributed by atoms with E-state index >= 15 is 0 Å². The van der Waals surface area contributed by atoms with Crippen LogP contribution in [0.2, 0.25) is 0 Å². The number of rotatable bonds is 3. The van der Waals surface area contributed by atoms with Crippen LogP contribution >= 0.6 is 0 Å². The second-order valence-corrected chi connectivity index (χ2v) is 5.64. The molecule has 1 saturated heterocycles. The van der Waals surface area contributed by atoms with E-state index in [0.717, 1.165) is 24.2 Å². The molecule has 1 atom stereocenters. The van der Waals surface area contributed by atoms with Crippen molar-refractivity contribution >= 4 is 11.9 Å². The van der Waals surface area contributed by atoms with Crippen molar-refractivity contribution in [2.75, 3.05) is 19.8 Å². The van der Waals surface area contributed by atoms with Gasteiger partial charge in [-0.1, -0.05) is 6.07 Å². The van der Waals surface area contributed by atoms with E-state index in [2.05, 4.69) is 16.0 Å². The first-order valence-electron chi connectivity index (χ1n) is 7.93. The van der Waals surface area contributed by atoms with E-state index in [9.17, 15) is 9.59 Å². The number of benzene rings is 1. The zero-order valence-corrected chi connectivity index (χ0v) is 12.9. The maximum atomic E-state index is 12.0. The van der Waals surface area contributed by atoms with Gasteiger partial charge in [0.25, 0.3) is 0 Å². The van der Waals surface area contributed by atoms with Crippen LogP contribution < -0.4 is 25.4 Å². The van der Waals surface area contributed by atoms with Gasteiger partial charge in [-0.05, 0) is 37.0 Å². The van der Waals surface area contributed by atoms with Gasteiger partial charge in [0.15, 0.2) is 11.5 Å². The van der Waals surface area contributed by atoms with Gasteiger partial charge < -0.3 is 25.4 Å². The molecule has 3 rings (SSSR count). The van der Waals surface area contributed by atoms with E-state index in [-0.39, 0.29) is 11.9 Å². The van der Waals surface area contributed by atoms with Gasteiger partial charge >= 0.3 is 6.03 Å². The first-order valence-corrected chi connectivity index (χ1v) is 7.93. The van der Waals surface area contributed by atoms with Crippen molar-refractivity contribution < 1.29 is 19.1 Å². The number of amides is 3. The lowest BCUT2D eigenvalue weighted by Crippen LogP contribution is -2.48. The van der Waals surface area contributed by atoms with Gasteiger partial charge in [0.2, 0.25) is 5.91 Å². The average Bonchev–Trinajstić information content (AvgIpc) is 2.77. The number of hydrogen-bond acceptors (Lipinski definition) is 4. The van der Waals surface area contributed by atoms with Crippen molar-refractivity contribution in [1.29, 1.82) is 0 Å². The predicted molar refractivity (Wildman–Crippen MR) is 83.5 cm³/mol. The molecule has 0 unspecified atom stereocenters. The fraction of sp³-hybridized carbons (Fsp3) is 0.500. The summed E-state index contributed by atoms with van der Waals surface area (Å²) < 4.78 is 11.0. The molecule has 0 radical (unpaired) electrons. The molecular weight excluding hydrogens is 298 g/mol. The minimum absolute atomic E-state index is 0.114. The Hall–Kier alpha value is -2.44. The van der Waals surface area contributed by atoms with Crippen LogP contribution in [-0.4, -0.2) is 37.7 Å². The van der Waals surface area contributed by atoms with Crippen LogP contribution in [0.15, 0.2) is 18.2 Å². The Bertz CT molecular complexity index is 591. The molecule has 0 aliphatic carbocycles. The number of carbonyl (C=O) groups is 2. The molecule has 23 heavy (non-hydrogen) atoms. The van der Waals surface area contributed by atoms with E-state index in [1.165, 1.54) is 0 Å². The SMILES string of the molecule is O=C(NCc1ccc2c(c1)OCCO2)N[C@H]1CCCCNC1=O. The van der Waals surface area contributed by atoms with Crippen molar-refractivity contribution in [2.45, 2.75) is 31.8 Å². The highest BCUT2D eigenvalue weighted by atomic mass is 16.6. The average molecular weight is 319 g/mol. The number of nitrogens with one attached hydrogen (secondary N) is 3. The van der Waals surface area contributed by atoms with Crippen LogP contribution in [0.25, 0.3) is 0 Å². The summed E-state index contributed by atoms with van der Waals surface area (Å²) >= 11 is 0. The van der Waals surface area contributed by atoms with E-state index in [4.69, 9.17) is 9.47 Å². The van der Waals surface area contributed by atoms with Gasteiger partial charge in [-0.25, -0.2) is 4.79 Å². The second-order valence-electron chi connectivity index (χ2n) is 5.64. The summed E-state index contributed by atoms with van der Waals surface area (Å²) in [6.45, 7) is 2.12. The van der Waals surface area contributed by atoms with Crippen molar-refractivity contribution in [3.05, 3.63) is 23.8 Å². The highest BCUT2D eigenvalue weighted by molar-refractivity contribution is 5.87. The quantitative estimate of drug-likeness (QED) is 0.773. The van der Waals surface area contributed by atoms with Crippen LogP contribution in [-0.2, 0) is 11.3 Å². The molecule has 124 valence electrons. The lowest BCUT2D eigenvalue weighted by atomic mass is 10.1. The van der Waals surface area contributed by atoms with Gasteiger partial charge in [0, 0.05) is 13.1 Å². The minimum Gasteiger partial charge on any atom is -0.486 e. The molecule has 2 aliphatic heterocycles. The first-order chi connectivity index (χ1) is 11.2. The third kappa shape index (κ3) is 4.06. The Balaban J connectivity index is 1.51. The third-order valence-electron chi connectivity index (χ3n) is 3.90. The number of urea groups is 1. The third-order valence-corrected chi connectivity index (χ3v) is 3.90. The van der Waals surface area contributed by atoms with Gasteiger partial charge in [-0.3, -0.25) is 4.79 Å². The van der Waals surface area contributed by atoms with Crippen LogP contribution in [0.3, 0.4) is 0 Å². The first kappa shape index (κ1) is 15.5. The Labute approximate surface area is 134 Å². The monoisotopic (exact) mass is 319 g/mol. The molecular formula is C16H21N3O4. The Morgan fingerprint density at radius 1 is 1.22 bits per heavy atom. The normalized spacial score (nSPS) is 20.2. The molecule has 3 amide bonds. The summed E-state index contributed by atoms with van der Waals surface area (Å²) in [5, 5.41) is 8.29. The topological polar surface area (TPSA) is 88.7 Å². The molecule has 1 fully saturated rings. The second kappa shape index (κ2) is 7.21. The van der Waals surface area contributed by atoms with E-state index in [1.54, 1.807) is 0 Å². The van der Waals surface area contributed by atoms with Gasteiger partial charge in [-0.15, -0.1) is 0 Å². The molecule has 0 aromatic heterocycles. The molecule has 2 heterocycles. The number of hydrogen-bond donors (Lipinski definition) is 3. The highest BCUT2D eigenvalue weighted by Gasteiger charge is 2.22. The molecule has 3 N–H and O–H groups in total. The largest absolute Gasteiger partial charge is 0.486 e. The van der Waals surface area contributed by atoms with Crippen LogP contribution in [0.1, 0.15) is 24.8 Å². The van der Waals surface area contributed by atoms with Crippen LogP contribution in [0.5, 0.6) is 11.5 Å². The summed E-state index contributed by atoms with van der Waals surface area (Å²) in [5.41, 5.74) is 0.912. The predicted octanol–water partition coefficient (Wildman–Crippen LogP) is 0.926. The summed E-state index contributed by atoms with van der Waals surface area (Å²) in [7, 11) is 0. The lowest BCUT2D eigenvalue weighted by molar-refractivity contribution is -0.122. The Morgan fingerprint density at radius 2 is 2.04 bits per heavy atom. The summed E-state index contributed by atoms with van der Waals surface area (Å²) in [6, 6.07) is 4.77. The number of fused-ring (bicyclic) bond motifs is 1. The van der Waals surface area contributed by atoms with Crippen molar-refractivity contribution in [2.24, 2.45) is 0 Å². The molecule has 7 nitrogen and oxygen atoms in total. The van der Waals surface area contributed by atoms with Crippen molar-refractivity contribution in [1.82, 2.24) is 16.0 Å². The summed E-state index contributed by atoms with van der Waals surface area (Å²) in [4.78, 5) is 23.8. The summed E-state index contributed by atoms with van der Waals surface area (Å²) in [6.07, 6.45) is 2.54. The molecule has 1 aromatic carbocycles. The smallest absolute Gasteiger partial charge is 0.315 e. The molecule has 0 spiro atoms. The van der Waals surface area contributed by atoms with Gasteiger partial charge in [-0.2, -0.15) is 0 Å². The fourth-order valence-electron chi connectivity index (χ4n) is 2.67. The highest BCUT2D eigenvalue weighted by Crippen LogP contribution is 2.30. The van der Waals surface area contributed by atoms with Crippen LogP contribution in [0.4, 0.5) is 4.79 Å². The number of ether oxygens (including phenoxy) is 2. The Kier molecular flexibility index (Phi) is 4.85. The van der Waals surface area contributed by atoms with Crippen molar-refractivity contribution in [3.8, 4) is 11.5 Å². The fourth-order valence-corrected chi connectivity index (χ4v) is 2.67. The van der Waals surface area contributed by atoms with Gasteiger partial charge in [0.1, 0.15) is 19.3 Å². The van der Waals surface area contributed by atoms with Crippen LogP contribution in [0, 0.1) is 0 Å². The zero-order valence-electron chi connectivity index (χ0n) is 12.9. The zero-order chi connectivity index (χ0) is 16.1. The maximum Gasteiger partial charge on any atom is 0.315 e. The van der Waals surface area contributed by atoms with E-state index in [1.807, 2.05) is 18.2 Å². The molecule has 7 heteroatoms. The number of carbonyl (C=O) groups excluding carboxylic acids is 2. The molecule has 1 aromatic rings. The van der Waals surface area contributed by atoms with Gasteiger partial charge in [0.05, 0.1) is 0 Å². The minimum atomic E-state index is -0.460. The standard InChI is InChI=1S/C16H21N3O4/c20-15-12(3-1-2-6-17-15)19-16(21)18-10-11-4-5-13-14(9-11)23-8-7-22-13/h4-5,9,12H,1-3,6-8,10H2,(H,17,20)(H2,18,19,21)/t12-/m0/s1. The van der Waals surface area contributed by atoms with E-state index < -0.39 is 6.04 Å². The lowest BCUT2D eigenvalue weighted by Gasteiger charge is -2.19. The maximum absolute atomic E-state index is 12.0. The Morgan fingerprint density at radius 3 is 2.91 bits per heavy atom. The summed E-state index contributed by atoms with van der Waals surface area (Å²) in [5.74, 6) is 1.30. The molecule has 2 aliphatic rings. The molecule has 0 bridgehead atoms. The molecule has 0 saturated carbocycles. The van der Waals surface area contributed by atoms with E-state index in [0.29, 0.717) is 38.5 Å². The van der Waals surface area contributed by atoms with Crippen molar-refractivity contribution in [3.63, 3.8) is 0 Å².